The minimum Gasteiger partial charge on any atom is -0.480 e. The minimum absolute atomic E-state index is 0.0605. The molecule has 0 bridgehead atoms. The van der Waals surface area contributed by atoms with Crippen molar-refractivity contribution < 1.29 is 19.4 Å². The highest BCUT2D eigenvalue weighted by atomic mass is 16.5. The highest BCUT2D eigenvalue weighted by Gasteiger charge is 2.35. The van der Waals surface area contributed by atoms with E-state index in [1.807, 2.05) is 20.8 Å². The monoisotopic (exact) mass is 258 g/mol. The van der Waals surface area contributed by atoms with Gasteiger partial charge < -0.3 is 19.6 Å². The smallest absolute Gasteiger partial charge is 0.328 e. The summed E-state index contributed by atoms with van der Waals surface area (Å²) in [5, 5.41) is 9.09. The van der Waals surface area contributed by atoms with E-state index in [1.54, 1.807) is 11.9 Å². The van der Waals surface area contributed by atoms with Gasteiger partial charge in [0.2, 0.25) is 0 Å². The van der Waals surface area contributed by atoms with Gasteiger partial charge in [0.1, 0.15) is 0 Å². The molecule has 1 fully saturated rings. The molecule has 1 heterocycles. The molecule has 1 saturated heterocycles. The van der Waals surface area contributed by atoms with Crippen LogP contribution in [0.3, 0.4) is 0 Å². The van der Waals surface area contributed by atoms with Crippen molar-refractivity contribution in [3.63, 3.8) is 0 Å². The number of rotatable bonds is 3. The molecule has 2 amide bonds. The second-order valence-electron chi connectivity index (χ2n) is 5.00. The number of ether oxygens (including phenoxy) is 1. The molecule has 0 radical (unpaired) electrons. The summed E-state index contributed by atoms with van der Waals surface area (Å²) in [6, 6.07) is -1.06. The van der Waals surface area contributed by atoms with Gasteiger partial charge in [-0.2, -0.15) is 0 Å². The van der Waals surface area contributed by atoms with Crippen molar-refractivity contribution in [1.82, 2.24) is 9.80 Å². The molecule has 104 valence electrons. The summed E-state index contributed by atoms with van der Waals surface area (Å²) in [7, 11) is 1.71. The molecular formula is C12H22N2O4. The summed E-state index contributed by atoms with van der Waals surface area (Å²) >= 11 is 0. The Bertz CT molecular complexity index is 319. The Morgan fingerprint density at radius 2 is 2.00 bits per heavy atom. The number of hydrogen-bond donors (Lipinski definition) is 1. The zero-order valence-electron chi connectivity index (χ0n) is 11.4. The molecule has 1 aliphatic heterocycles. The van der Waals surface area contributed by atoms with Gasteiger partial charge in [-0.05, 0) is 12.8 Å². The fourth-order valence-electron chi connectivity index (χ4n) is 1.86. The number of carboxylic acids is 1. The van der Waals surface area contributed by atoms with Crippen molar-refractivity contribution in [2.75, 3.05) is 26.8 Å². The fraction of sp³-hybridized carbons (Fsp3) is 0.833. The van der Waals surface area contributed by atoms with Crippen molar-refractivity contribution in [1.29, 1.82) is 0 Å². The molecule has 0 aliphatic carbocycles. The van der Waals surface area contributed by atoms with Crippen molar-refractivity contribution in [3.8, 4) is 0 Å². The molecule has 18 heavy (non-hydrogen) atoms. The molecule has 6 nitrogen and oxygen atoms in total. The first-order valence-electron chi connectivity index (χ1n) is 6.20. The maximum absolute atomic E-state index is 12.3. The quantitative estimate of drug-likeness (QED) is 0.815. The second kappa shape index (κ2) is 6.04. The van der Waals surface area contributed by atoms with Crippen molar-refractivity contribution in [3.05, 3.63) is 0 Å². The van der Waals surface area contributed by atoms with E-state index in [-0.39, 0.29) is 18.7 Å². The second-order valence-corrected chi connectivity index (χ2v) is 5.00. The van der Waals surface area contributed by atoms with Crippen LogP contribution in [0.4, 0.5) is 4.79 Å². The van der Waals surface area contributed by atoms with Gasteiger partial charge in [0.05, 0.1) is 13.2 Å². The van der Waals surface area contributed by atoms with E-state index in [0.29, 0.717) is 19.1 Å². The third kappa shape index (κ3) is 3.13. The SMILES string of the molecule is CC(C)C(C)N(C)C(=O)N1CCOCC1C(=O)O. The van der Waals surface area contributed by atoms with Crippen LogP contribution in [0, 0.1) is 5.92 Å². The average molecular weight is 258 g/mol. The Hall–Kier alpha value is -1.30. The predicted molar refractivity (Wildman–Crippen MR) is 66.4 cm³/mol. The third-order valence-corrected chi connectivity index (χ3v) is 3.54. The molecular weight excluding hydrogens is 236 g/mol. The van der Waals surface area contributed by atoms with Crippen molar-refractivity contribution in [2.24, 2.45) is 5.92 Å². The number of hydrogen-bond acceptors (Lipinski definition) is 3. The van der Waals surface area contributed by atoms with Crippen LogP contribution >= 0.6 is 0 Å². The van der Waals surface area contributed by atoms with Crippen LogP contribution in [-0.4, -0.2) is 65.8 Å². The number of carboxylic acid groups (broad SMARTS) is 1. The first-order valence-corrected chi connectivity index (χ1v) is 6.20. The lowest BCUT2D eigenvalue weighted by Crippen LogP contribution is -2.57. The van der Waals surface area contributed by atoms with E-state index < -0.39 is 12.0 Å². The summed E-state index contributed by atoms with van der Waals surface area (Å²) in [6.07, 6.45) is 0. The first-order chi connectivity index (χ1) is 8.36. The first kappa shape index (κ1) is 14.8. The zero-order valence-corrected chi connectivity index (χ0v) is 11.4. The maximum atomic E-state index is 12.3. The van der Waals surface area contributed by atoms with E-state index in [0.717, 1.165) is 0 Å². The van der Waals surface area contributed by atoms with E-state index in [9.17, 15) is 9.59 Å². The lowest BCUT2D eigenvalue weighted by atomic mass is 10.1. The lowest BCUT2D eigenvalue weighted by Gasteiger charge is -2.38. The van der Waals surface area contributed by atoms with Gasteiger partial charge in [0.25, 0.3) is 0 Å². The minimum atomic E-state index is -1.02. The largest absolute Gasteiger partial charge is 0.480 e. The van der Waals surface area contributed by atoms with Gasteiger partial charge in [-0.25, -0.2) is 9.59 Å². The molecule has 6 heteroatoms. The number of urea groups is 1. The van der Waals surface area contributed by atoms with Gasteiger partial charge >= 0.3 is 12.0 Å². The highest BCUT2D eigenvalue weighted by Crippen LogP contribution is 2.15. The molecule has 0 spiro atoms. The van der Waals surface area contributed by atoms with Crippen LogP contribution in [0.15, 0.2) is 0 Å². The molecule has 1 N–H and O–H groups in total. The maximum Gasteiger partial charge on any atom is 0.328 e. The highest BCUT2D eigenvalue weighted by molar-refractivity contribution is 5.83. The Morgan fingerprint density at radius 3 is 2.50 bits per heavy atom. The number of nitrogens with zero attached hydrogens (tertiary/aromatic N) is 2. The summed E-state index contributed by atoms with van der Waals surface area (Å²) in [4.78, 5) is 26.4. The Kier molecular flexibility index (Phi) is 4.95. The molecule has 0 aromatic carbocycles. The Labute approximate surface area is 107 Å². The summed E-state index contributed by atoms with van der Waals surface area (Å²) in [5.74, 6) is -0.697. The number of aliphatic carboxylic acids is 1. The number of morpholine rings is 1. The summed E-state index contributed by atoms with van der Waals surface area (Å²) in [5.41, 5.74) is 0. The molecule has 1 aliphatic rings. The zero-order chi connectivity index (χ0) is 13.9. The Balaban J connectivity index is 2.77. The molecule has 1 rings (SSSR count). The van der Waals surface area contributed by atoms with Gasteiger partial charge in [-0.1, -0.05) is 13.8 Å². The molecule has 2 unspecified atom stereocenters. The average Bonchev–Trinajstić information content (AvgIpc) is 2.35. The van der Waals surface area contributed by atoms with Crippen LogP contribution in [0.1, 0.15) is 20.8 Å². The van der Waals surface area contributed by atoms with E-state index in [4.69, 9.17) is 9.84 Å². The number of carbonyl (C=O) groups is 2. The van der Waals surface area contributed by atoms with Crippen LogP contribution in [0.5, 0.6) is 0 Å². The number of carbonyl (C=O) groups excluding carboxylic acids is 1. The molecule has 0 aromatic heterocycles. The van der Waals surface area contributed by atoms with Crippen LogP contribution in [0.25, 0.3) is 0 Å². The summed E-state index contributed by atoms with van der Waals surface area (Å²) < 4.78 is 5.12. The van der Waals surface area contributed by atoms with E-state index in [2.05, 4.69) is 0 Å². The fourth-order valence-corrected chi connectivity index (χ4v) is 1.86. The van der Waals surface area contributed by atoms with Crippen molar-refractivity contribution >= 4 is 12.0 Å². The summed E-state index contributed by atoms with van der Waals surface area (Å²) in [6.45, 7) is 6.79. The molecule has 0 saturated carbocycles. The normalized spacial score (nSPS) is 21.8. The van der Waals surface area contributed by atoms with Crippen LogP contribution in [-0.2, 0) is 9.53 Å². The standard InChI is InChI=1S/C12H22N2O4/c1-8(2)9(3)13(4)12(17)14-5-6-18-7-10(14)11(15)16/h8-10H,5-7H2,1-4H3,(H,15,16). The van der Waals surface area contributed by atoms with E-state index in [1.165, 1.54) is 4.90 Å². The van der Waals surface area contributed by atoms with Gasteiger partial charge in [0, 0.05) is 19.6 Å². The number of amides is 2. The molecule has 2 atom stereocenters. The third-order valence-electron chi connectivity index (χ3n) is 3.54. The van der Waals surface area contributed by atoms with E-state index >= 15 is 0 Å². The topological polar surface area (TPSA) is 70.1 Å². The van der Waals surface area contributed by atoms with Gasteiger partial charge in [-0.15, -0.1) is 0 Å². The van der Waals surface area contributed by atoms with Crippen LogP contribution < -0.4 is 0 Å². The van der Waals surface area contributed by atoms with Crippen LogP contribution in [0.2, 0.25) is 0 Å². The molecule has 0 aromatic rings. The van der Waals surface area contributed by atoms with Gasteiger partial charge in [0.15, 0.2) is 6.04 Å². The van der Waals surface area contributed by atoms with Gasteiger partial charge in [-0.3, -0.25) is 0 Å². The predicted octanol–water partition coefficient (Wildman–Crippen LogP) is 0.868. The Morgan fingerprint density at radius 1 is 1.39 bits per heavy atom. The van der Waals surface area contributed by atoms with Crippen molar-refractivity contribution in [2.45, 2.75) is 32.9 Å². The lowest BCUT2D eigenvalue weighted by molar-refractivity contribution is -0.147.